The molecule has 0 bridgehead atoms. The van der Waals surface area contributed by atoms with Crippen molar-refractivity contribution in [2.45, 2.75) is 29.8 Å². The van der Waals surface area contributed by atoms with Crippen LogP contribution in [0.2, 0.25) is 0 Å². The van der Waals surface area contributed by atoms with Gasteiger partial charge in [-0.25, -0.2) is 14.0 Å². The van der Waals surface area contributed by atoms with E-state index in [1.807, 2.05) is 0 Å². The van der Waals surface area contributed by atoms with Gasteiger partial charge in [0, 0.05) is 0 Å². The van der Waals surface area contributed by atoms with Gasteiger partial charge in [-0.05, 0) is 5.56 Å². The van der Waals surface area contributed by atoms with Gasteiger partial charge in [-0.15, -0.1) is 0 Å². The predicted octanol–water partition coefficient (Wildman–Crippen LogP) is 2.22. The average Bonchev–Trinajstić information content (AvgIpc) is 2.81. The number of aliphatic hydroxyl groups excluding tert-OH is 1. The number of methoxy groups -OCH3 is 1. The van der Waals surface area contributed by atoms with Gasteiger partial charge in [-0.3, -0.25) is 0 Å². The molecule has 1 aliphatic rings. The Morgan fingerprint density at radius 2 is 1.91 bits per heavy atom. The fourth-order valence-electron chi connectivity index (χ4n) is 1.82. The minimum Gasteiger partial charge on any atom is -0.438 e. The zero-order chi connectivity index (χ0) is 16.8. The maximum Gasteiger partial charge on any atom is 0.509 e. The molecule has 1 fully saturated rings. The van der Waals surface area contributed by atoms with Crippen LogP contribution in [0.15, 0.2) is 30.3 Å². The van der Waals surface area contributed by atoms with Gasteiger partial charge in [0.05, 0.1) is 7.11 Å². The zero-order valence-electron chi connectivity index (χ0n) is 12.1. The summed E-state index contributed by atoms with van der Waals surface area (Å²) >= 11 is 0.607. The summed E-state index contributed by atoms with van der Waals surface area (Å²) < 4.78 is 32.6. The van der Waals surface area contributed by atoms with Gasteiger partial charge in [-0.1, -0.05) is 42.1 Å². The first-order valence-electron chi connectivity index (χ1n) is 6.61. The van der Waals surface area contributed by atoms with Crippen molar-refractivity contribution in [3.8, 4) is 0 Å². The normalized spacial score (nSPS) is 26.4. The SMILES string of the molecule is COC(=O)O[C@@H]1SC(O)[C@@H](F)[C@@H]1OC(=O)OCc1ccccc1. The standard InChI is InChI=1S/C14H15FO7S/c1-19-13(17)22-12-10(9(15)11(16)23-12)21-14(18)20-7-8-5-3-2-4-6-8/h2-6,9-12,16H,7H2,1H3/t9-,10-,11?,12+/m0/s1. The van der Waals surface area contributed by atoms with E-state index in [4.69, 9.17) is 14.2 Å². The number of thioether (sulfide) groups is 1. The Bertz CT molecular complexity index is 541. The van der Waals surface area contributed by atoms with Gasteiger partial charge in [0.25, 0.3) is 0 Å². The van der Waals surface area contributed by atoms with E-state index in [9.17, 15) is 19.1 Å². The highest BCUT2D eigenvalue weighted by atomic mass is 32.2. The van der Waals surface area contributed by atoms with Gasteiger partial charge in [0.15, 0.2) is 17.7 Å². The Balaban J connectivity index is 1.90. The van der Waals surface area contributed by atoms with Crippen molar-refractivity contribution in [2.24, 2.45) is 0 Å². The van der Waals surface area contributed by atoms with Crippen LogP contribution in [0, 0.1) is 0 Å². The molecule has 1 saturated heterocycles. The van der Waals surface area contributed by atoms with E-state index in [0.717, 1.165) is 12.7 Å². The lowest BCUT2D eigenvalue weighted by Gasteiger charge is -2.19. The van der Waals surface area contributed by atoms with E-state index < -0.39 is 35.5 Å². The van der Waals surface area contributed by atoms with Gasteiger partial charge < -0.3 is 24.1 Å². The first-order chi connectivity index (χ1) is 11.0. The number of hydrogen-bond donors (Lipinski definition) is 1. The van der Waals surface area contributed by atoms with Crippen LogP contribution in [0.5, 0.6) is 0 Å². The highest BCUT2D eigenvalue weighted by Gasteiger charge is 2.49. The second kappa shape index (κ2) is 8.02. The Labute approximate surface area is 135 Å². The minimum absolute atomic E-state index is 0.0540. The molecule has 1 aliphatic heterocycles. The Hall–Kier alpha value is -2.00. The van der Waals surface area contributed by atoms with Gasteiger partial charge in [0.1, 0.15) is 12.0 Å². The highest BCUT2D eigenvalue weighted by molar-refractivity contribution is 8.00. The van der Waals surface area contributed by atoms with E-state index in [1.54, 1.807) is 30.3 Å². The van der Waals surface area contributed by atoms with Crippen LogP contribution >= 0.6 is 11.8 Å². The number of alkyl halides is 1. The van der Waals surface area contributed by atoms with E-state index in [-0.39, 0.29) is 6.61 Å². The molecule has 126 valence electrons. The molecule has 1 N–H and O–H groups in total. The van der Waals surface area contributed by atoms with Crippen LogP contribution in [0.3, 0.4) is 0 Å². The van der Waals surface area contributed by atoms with Crippen molar-refractivity contribution in [3.05, 3.63) is 35.9 Å². The molecule has 7 nitrogen and oxygen atoms in total. The number of hydrogen-bond acceptors (Lipinski definition) is 8. The molecular weight excluding hydrogens is 331 g/mol. The molecule has 4 atom stereocenters. The summed E-state index contributed by atoms with van der Waals surface area (Å²) in [7, 11) is 1.08. The Kier molecular flexibility index (Phi) is 6.05. The lowest BCUT2D eigenvalue weighted by atomic mass is 10.2. The smallest absolute Gasteiger partial charge is 0.438 e. The lowest BCUT2D eigenvalue weighted by molar-refractivity contribution is -0.0556. The predicted molar refractivity (Wildman–Crippen MR) is 77.3 cm³/mol. The molecule has 1 aromatic carbocycles. The molecule has 1 unspecified atom stereocenters. The molecule has 0 saturated carbocycles. The molecule has 0 spiro atoms. The van der Waals surface area contributed by atoms with Crippen LogP contribution in [0.25, 0.3) is 0 Å². The van der Waals surface area contributed by atoms with Crippen molar-refractivity contribution >= 4 is 24.1 Å². The number of ether oxygens (including phenoxy) is 4. The summed E-state index contributed by atoms with van der Waals surface area (Å²) in [6.07, 6.45) is -5.61. The van der Waals surface area contributed by atoms with E-state index in [0.29, 0.717) is 11.8 Å². The van der Waals surface area contributed by atoms with E-state index >= 15 is 0 Å². The summed E-state index contributed by atoms with van der Waals surface area (Å²) in [6, 6.07) is 8.83. The molecule has 9 heteroatoms. The molecule has 23 heavy (non-hydrogen) atoms. The number of rotatable bonds is 4. The van der Waals surface area contributed by atoms with Gasteiger partial charge in [-0.2, -0.15) is 0 Å². The monoisotopic (exact) mass is 346 g/mol. The van der Waals surface area contributed by atoms with E-state index in [1.165, 1.54) is 0 Å². The molecular formula is C14H15FO7S. The van der Waals surface area contributed by atoms with Crippen LogP contribution in [-0.4, -0.2) is 47.7 Å². The average molecular weight is 346 g/mol. The second-order valence-electron chi connectivity index (χ2n) is 4.52. The van der Waals surface area contributed by atoms with Crippen LogP contribution in [0.1, 0.15) is 5.56 Å². The molecule has 1 aromatic rings. The summed E-state index contributed by atoms with van der Waals surface area (Å²) in [5, 5.41) is 9.47. The number of benzene rings is 1. The van der Waals surface area contributed by atoms with Crippen molar-refractivity contribution < 1.29 is 38.0 Å². The van der Waals surface area contributed by atoms with Crippen LogP contribution in [0.4, 0.5) is 14.0 Å². The van der Waals surface area contributed by atoms with Crippen molar-refractivity contribution in [3.63, 3.8) is 0 Å². The highest BCUT2D eigenvalue weighted by Crippen LogP contribution is 2.37. The lowest BCUT2D eigenvalue weighted by Crippen LogP contribution is -2.36. The molecule has 2 rings (SSSR count). The fraction of sp³-hybridized carbons (Fsp3) is 0.429. The summed E-state index contributed by atoms with van der Waals surface area (Å²) in [6.45, 7) is -0.0540. The third-order valence-corrected chi connectivity index (χ3v) is 4.11. The van der Waals surface area contributed by atoms with E-state index in [2.05, 4.69) is 4.74 Å². The zero-order valence-corrected chi connectivity index (χ0v) is 12.9. The molecule has 0 aliphatic carbocycles. The number of carbonyl (C=O) groups excluding carboxylic acids is 2. The Morgan fingerprint density at radius 3 is 2.57 bits per heavy atom. The van der Waals surface area contributed by atoms with Crippen LogP contribution in [-0.2, 0) is 25.6 Å². The molecule has 0 aromatic heterocycles. The maximum absolute atomic E-state index is 13.9. The molecule has 0 radical (unpaired) electrons. The summed E-state index contributed by atoms with van der Waals surface area (Å²) in [4.78, 5) is 22.7. The third-order valence-electron chi connectivity index (χ3n) is 2.94. The minimum atomic E-state index is -1.92. The largest absolute Gasteiger partial charge is 0.509 e. The topological polar surface area (TPSA) is 91.3 Å². The third kappa shape index (κ3) is 4.73. The summed E-state index contributed by atoms with van der Waals surface area (Å²) in [5.41, 5.74) is -1.99. The number of carbonyl (C=O) groups is 2. The molecule has 1 heterocycles. The van der Waals surface area contributed by atoms with Crippen molar-refractivity contribution in [1.29, 1.82) is 0 Å². The first-order valence-corrected chi connectivity index (χ1v) is 7.55. The Morgan fingerprint density at radius 1 is 1.22 bits per heavy atom. The van der Waals surface area contributed by atoms with Crippen LogP contribution < -0.4 is 0 Å². The molecule has 0 amide bonds. The maximum atomic E-state index is 13.9. The number of aliphatic hydroxyl groups is 1. The number of halogens is 1. The van der Waals surface area contributed by atoms with Crippen molar-refractivity contribution in [2.75, 3.05) is 7.11 Å². The second-order valence-corrected chi connectivity index (χ2v) is 5.74. The van der Waals surface area contributed by atoms with Crippen molar-refractivity contribution in [1.82, 2.24) is 0 Å². The summed E-state index contributed by atoms with van der Waals surface area (Å²) in [5.74, 6) is 0. The van der Waals surface area contributed by atoms with Gasteiger partial charge >= 0.3 is 12.3 Å². The first kappa shape index (κ1) is 17.4. The fourth-order valence-corrected chi connectivity index (χ4v) is 2.90. The van der Waals surface area contributed by atoms with Gasteiger partial charge in [0.2, 0.25) is 0 Å². The quantitative estimate of drug-likeness (QED) is 0.830.